The van der Waals surface area contributed by atoms with E-state index in [1.807, 2.05) is 24.3 Å². The Hall–Kier alpha value is -1.56. The summed E-state index contributed by atoms with van der Waals surface area (Å²) >= 11 is 8.26. The first-order chi connectivity index (χ1) is 12.5. The van der Waals surface area contributed by atoms with Crippen molar-refractivity contribution in [3.05, 3.63) is 98.1 Å². The Balaban J connectivity index is 1.83. The summed E-state index contributed by atoms with van der Waals surface area (Å²) in [6, 6.07) is 24.1. The minimum absolute atomic E-state index is 0.00124. The summed E-state index contributed by atoms with van der Waals surface area (Å²) in [7, 11) is 0. The van der Waals surface area contributed by atoms with Gasteiger partial charge < -0.3 is 10.4 Å². The number of rotatable bonds is 6. The van der Waals surface area contributed by atoms with Crippen LogP contribution in [0.25, 0.3) is 0 Å². The van der Waals surface area contributed by atoms with Gasteiger partial charge in [0.05, 0.1) is 12.1 Å². The quantitative estimate of drug-likeness (QED) is 0.396. The van der Waals surface area contributed by atoms with Gasteiger partial charge in [-0.05, 0) is 77.0 Å². The predicted molar refractivity (Wildman–Crippen MR) is 118 cm³/mol. The molecule has 0 radical (unpaired) electrons. The molecule has 134 valence electrons. The molecule has 0 saturated heterocycles. The van der Waals surface area contributed by atoms with Crippen LogP contribution >= 0.6 is 34.2 Å². The van der Waals surface area contributed by atoms with Gasteiger partial charge in [0.15, 0.2) is 0 Å². The second-order valence-electron chi connectivity index (χ2n) is 6.42. The summed E-state index contributed by atoms with van der Waals surface area (Å²) in [5.41, 5.74) is 4.29. The molecular formula is C22H21ClINO. The second kappa shape index (κ2) is 8.89. The molecule has 2 unspecified atom stereocenters. The number of benzene rings is 3. The van der Waals surface area contributed by atoms with Gasteiger partial charge in [-0.3, -0.25) is 0 Å². The normalized spacial score (nSPS) is 13.2. The fraction of sp³-hybridized carbons (Fsp3) is 0.182. The third-order valence-electron chi connectivity index (χ3n) is 4.38. The summed E-state index contributed by atoms with van der Waals surface area (Å²) in [6.07, 6.45) is -0.00800. The molecule has 4 heteroatoms. The fourth-order valence-electron chi connectivity index (χ4n) is 2.87. The van der Waals surface area contributed by atoms with Crippen LogP contribution in [0.5, 0.6) is 0 Å². The lowest BCUT2D eigenvalue weighted by Crippen LogP contribution is -2.15. The number of aliphatic hydroxyl groups is 1. The summed E-state index contributed by atoms with van der Waals surface area (Å²) in [5.74, 6) is 0. The lowest BCUT2D eigenvalue weighted by Gasteiger charge is -2.24. The highest BCUT2D eigenvalue weighted by atomic mass is 127. The maximum atomic E-state index is 10.7. The molecule has 0 heterocycles. The van der Waals surface area contributed by atoms with Crippen LogP contribution in [0.4, 0.5) is 5.69 Å². The van der Waals surface area contributed by atoms with Crippen LogP contribution in [0, 0.1) is 10.5 Å². The van der Waals surface area contributed by atoms with Gasteiger partial charge in [-0.2, -0.15) is 0 Å². The smallest absolute Gasteiger partial charge is 0.0813 e. The van der Waals surface area contributed by atoms with Gasteiger partial charge in [-0.15, -0.1) is 0 Å². The molecule has 0 spiro atoms. The van der Waals surface area contributed by atoms with Crippen molar-refractivity contribution in [2.45, 2.75) is 25.5 Å². The molecule has 0 saturated carbocycles. The molecule has 0 aliphatic carbocycles. The SMILES string of the molecule is Cc1ccc(C(CC(O)c2ccc(Cl)cc2)Nc2ccc(I)cc2)cc1. The van der Waals surface area contributed by atoms with Crippen molar-refractivity contribution < 1.29 is 5.11 Å². The van der Waals surface area contributed by atoms with Crippen LogP contribution in [-0.2, 0) is 0 Å². The van der Waals surface area contributed by atoms with Crippen molar-refractivity contribution in [2.24, 2.45) is 0 Å². The van der Waals surface area contributed by atoms with Crippen molar-refractivity contribution in [3.8, 4) is 0 Å². The van der Waals surface area contributed by atoms with E-state index in [0.29, 0.717) is 11.4 Å². The van der Waals surface area contributed by atoms with Crippen LogP contribution in [0.2, 0.25) is 5.02 Å². The van der Waals surface area contributed by atoms with Crippen LogP contribution < -0.4 is 5.32 Å². The Bertz CT molecular complexity index is 832. The van der Waals surface area contributed by atoms with Crippen molar-refractivity contribution in [1.29, 1.82) is 0 Å². The number of nitrogens with one attached hydrogen (secondary N) is 1. The molecule has 2 N–H and O–H groups in total. The van der Waals surface area contributed by atoms with E-state index in [2.05, 4.69) is 83.4 Å². The number of halogens is 2. The molecule has 3 aromatic rings. The second-order valence-corrected chi connectivity index (χ2v) is 8.10. The first-order valence-corrected chi connectivity index (χ1v) is 9.99. The maximum absolute atomic E-state index is 10.7. The fourth-order valence-corrected chi connectivity index (χ4v) is 3.35. The zero-order valence-electron chi connectivity index (χ0n) is 14.5. The molecule has 0 aliphatic heterocycles. The van der Waals surface area contributed by atoms with Crippen molar-refractivity contribution >= 4 is 39.9 Å². The van der Waals surface area contributed by atoms with E-state index < -0.39 is 6.10 Å². The molecule has 3 rings (SSSR count). The Morgan fingerprint density at radius 1 is 0.885 bits per heavy atom. The van der Waals surface area contributed by atoms with Crippen LogP contribution in [0.15, 0.2) is 72.8 Å². The molecular weight excluding hydrogens is 457 g/mol. The van der Waals surface area contributed by atoms with Crippen LogP contribution in [0.3, 0.4) is 0 Å². The molecule has 0 bridgehead atoms. The molecule has 0 fully saturated rings. The first kappa shape index (κ1) is 19.2. The number of aryl methyl sites for hydroxylation is 1. The summed E-state index contributed by atoms with van der Waals surface area (Å²) in [5, 5.41) is 15.0. The molecule has 2 atom stereocenters. The Kier molecular flexibility index (Phi) is 6.57. The lowest BCUT2D eigenvalue weighted by molar-refractivity contribution is 0.160. The Morgan fingerprint density at radius 2 is 1.46 bits per heavy atom. The number of hydrogen-bond donors (Lipinski definition) is 2. The van der Waals surface area contributed by atoms with Crippen molar-refractivity contribution in [3.63, 3.8) is 0 Å². The monoisotopic (exact) mass is 477 g/mol. The largest absolute Gasteiger partial charge is 0.388 e. The zero-order chi connectivity index (χ0) is 18.5. The van der Waals surface area contributed by atoms with E-state index in [1.165, 1.54) is 9.13 Å². The van der Waals surface area contributed by atoms with Gasteiger partial charge in [0, 0.05) is 20.7 Å². The third-order valence-corrected chi connectivity index (χ3v) is 5.35. The summed E-state index contributed by atoms with van der Waals surface area (Å²) < 4.78 is 1.20. The van der Waals surface area contributed by atoms with Crippen LogP contribution in [0.1, 0.15) is 35.3 Å². The minimum atomic E-state index is -0.574. The van der Waals surface area contributed by atoms with Crippen molar-refractivity contribution in [1.82, 2.24) is 0 Å². The van der Waals surface area contributed by atoms with E-state index in [1.54, 1.807) is 0 Å². The number of hydrogen-bond acceptors (Lipinski definition) is 2. The molecule has 0 aliphatic rings. The first-order valence-electron chi connectivity index (χ1n) is 8.53. The van der Waals surface area contributed by atoms with Crippen LogP contribution in [-0.4, -0.2) is 5.11 Å². The zero-order valence-corrected chi connectivity index (χ0v) is 17.4. The maximum Gasteiger partial charge on any atom is 0.0813 e. The highest BCUT2D eigenvalue weighted by Crippen LogP contribution is 2.30. The molecule has 2 nitrogen and oxygen atoms in total. The van der Waals surface area contributed by atoms with Gasteiger partial charge in [0.1, 0.15) is 0 Å². The minimum Gasteiger partial charge on any atom is -0.388 e. The standard InChI is InChI=1S/C22H21ClINO/c1-15-2-4-16(5-3-15)21(25-20-12-10-19(24)11-13-20)14-22(26)17-6-8-18(23)9-7-17/h2-13,21-22,25-26H,14H2,1H3. The van der Waals surface area contributed by atoms with Gasteiger partial charge in [0.2, 0.25) is 0 Å². The van der Waals surface area contributed by atoms with Gasteiger partial charge >= 0.3 is 0 Å². The molecule has 26 heavy (non-hydrogen) atoms. The van der Waals surface area contributed by atoms with E-state index in [9.17, 15) is 5.11 Å². The lowest BCUT2D eigenvalue weighted by atomic mass is 9.96. The number of anilines is 1. The Labute approximate surface area is 173 Å². The predicted octanol–water partition coefficient (Wildman–Crippen LogP) is 6.53. The third kappa shape index (κ3) is 5.22. The Morgan fingerprint density at radius 3 is 2.08 bits per heavy atom. The molecule has 0 amide bonds. The topological polar surface area (TPSA) is 32.3 Å². The summed E-state index contributed by atoms with van der Waals surface area (Å²) in [4.78, 5) is 0. The van der Waals surface area contributed by atoms with Gasteiger partial charge in [0.25, 0.3) is 0 Å². The van der Waals surface area contributed by atoms with Gasteiger partial charge in [-0.1, -0.05) is 53.6 Å². The highest BCUT2D eigenvalue weighted by Gasteiger charge is 2.18. The average Bonchev–Trinajstić information content (AvgIpc) is 2.64. The van der Waals surface area contributed by atoms with Crippen molar-refractivity contribution in [2.75, 3.05) is 5.32 Å². The van der Waals surface area contributed by atoms with E-state index in [0.717, 1.165) is 16.8 Å². The number of aliphatic hydroxyl groups excluding tert-OH is 1. The molecule has 3 aromatic carbocycles. The molecule has 0 aromatic heterocycles. The summed E-state index contributed by atoms with van der Waals surface area (Å²) in [6.45, 7) is 2.08. The van der Waals surface area contributed by atoms with E-state index in [4.69, 9.17) is 11.6 Å². The van der Waals surface area contributed by atoms with E-state index in [-0.39, 0.29) is 6.04 Å². The van der Waals surface area contributed by atoms with Gasteiger partial charge in [-0.25, -0.2) is 0 Å². The highest BCUT2D eigenvalue weighted by molar-refractivity contribution is 14.1. The van der Waals surface area contributed by atoms with E-state index >= 15 is 0 Å². The average molecular weight is 478 g/mol.